The Hall–Kier alpha value is -2.55. The average molecular weight is 394 g/mol. The smallest absolute Gasteiger partial charge is 0.128 e. The fourth-order valence-electron chi connectivity index (χ4n) is 2.98. The van der Waals surface area contributed by atoms with Gasteiger partial charge in [-0.15, -0.1) is 0 Å². The summed E-state index contributed by atoms with van der Waals surface area (Å²) in [5.41, 5.74) is 1.78. The van der Waals surface area contributed by atoms with E-state index in [1.54, 1.807) is 12.3 Å². The normalized spacial score (nSPS) is 13.9. The van der Waals surface area contributed by atoms with E-state index >= 15 is 0 Å². The summed E-state index contributed by atoms with van der Waals surface area (Å²) in [5.74, 6) is 1.72. The van der Waals surface area contributed by atoms with Gasteiger partial charge in [0.1, 0.15) is 11.5 Å². The predicted molar refractivity (Wildman–Crippen MR) is 114 cm³/mol. The zero-order valence-electron chi connectivity index (χ0n) is 14.5. The molecule has 0 N–H and O–H groups in total. The van der Waals surface area contributed by atoms with Crippen molar-refractivity contribution in [2.75, 3.05) is 0 Å². The first-order valence-corrected chi connectivity index (χ1v) is 9.51. The summed E-state index contributed by atoms with van der Waals surface area (Å²) in [4.78, 5) is 4.50. The van der Waals surface area contributed by atoms with Crippen LogP contribution in [0.1, 0.15) is 24.1 Å². The van der Waals surface area contributed by atoms with E-state index in [1.807, 2.05) is 54.6 Å². The standard InChI is InChI=1S/C23H17Cl2NO/c24-18-8-6-16(22(25)15-18)7-11-23-21-10-9-20(14-17(21)12-13-26-23)27-19-4-2-1-3-5-19/h2,4-15H,1,3H2. The number of rotatable bonds is 4. The highest BCUT2D eigenvalue weighted by Crippen LogP contribution is 2.27. The summed E-state index contributed by atoms with van der Waals surface area (Å²) in [7, 11) is 0. The van der Waals surface area contributed by atoms with Crippen LogP contribution < -0.4 is 4.74 Å². The van der Waals surface area contributed by atoms with Crippen molar-refractivity contribution >= 4 is 46.1 Å². The van der Waals surface area contributed by atoms with Crippen LogP contribution in [-0.2, 0) is 0 Å². The Labute approximate surface area is 168 Å². The number of pyridine rings is 1. The number of hydrogen-bond acceptors (Lipinski definition) is 2. The fourth-order valence-corrected chi connectivity index (χ4v) is 3.45. The van der Waals surface area contributed by atoms with Crippen molar-refractivity contribution < 1.29 is 4.74 Å². The first-order chi connectivity index (χ1) is 13.2. The van der Waals surface area contributed by atoms with Crippen molar-refractivity contribution in [3.8, 4) is 5.75 Å². The van der Waals surface area contributed by atoms with Crippen LogP contribution in [0.2, 0.25) is 10.0 Å². The summed E-state index contributed by atoms with van der Waals surface area (Å²) < 4.78 is 5.97. The number of nitrogens with zero attached hydrogens (tertiary/aromatic N) is 1. The predicted octanol–water partition coefficient (Wildman–Crippen LogP) is 7.32. The van der Waals surface area contributed by atoms with Crippen LogP contribution >= 0.6 is 23.2 Å². The van der Waals surface area contributed by atoms with E-state index in [0.717, 1.165) is 46.4 Å². The molecule has 1 aromatic heterocycles. The molecule has 27 heavy (non-hydrogen) atoms. The van der Waals surface area contributed by atoms with E-state index in [4.69, 9.17) is 27.9 Å². The fraction of sp³-hybridized carbons (Fsp3) is 0.0870. The number of benzene rings is 2. The third-order valence-corrected chi connectivity index (χ3v) is 4.91. The third-order valence-electron chi connectivity index (χ3n) is 4.35. The Kier molecular flexibility index (Phi) is 5.28. The molecule has 0 radical (unpaired) electrons. The summed E-state index contributed by atoms with van der Waals surface area (Å²) in [5, 5.41) is 3.36. The van der Waals surface area contributed by atoms with Gasteiger partial charge in [0.25, 0.3) is 0 Å². The van der Waals surface area contributed by atoms with Gasteiger partial charge in [-0.1, -0.05) is 41.4 Å². The number of aromatic nitrogens is 1. The molecule has 1 heterocycles. The van der Waals surface area contributed by atoms with E-state index in [2.05, 4.69) is 17.1 Å². The second-order valence-electron chi connectivity index (χ2n) is 6.27. The van der Waals surface area contributed by atoms with Crippen LogP contribution in [0.4, 0.5) is 0 Å². The Morgan fingerprint density at radius 3 is 2.70 bits per heavy atom. The second-order valence-corrected chi connectivity index (χ2v) is 7.11. The van der Waals surface area contributed by atoms with Crippen molar-refractivity contribution in [1.82, 2.24) is 4.98 Å². The van der Waals surface area contributed by atoms with Crippen LogP contribution in [0, 0.1) is 0 Å². The molecule has 0 amide bonds. The monoisotopic (exact) mass is 393 g/mol. The summed E-state index contributed by atoms with van der Waals surface area (Å²) >= 11 is 12.2. The van der Waals surface area contributed by atoms with Gasteiger partial charge < -0.3 is 4.74 Å². The lowest BCUT2D eigenvalue weighted by molar-refractivity contribution is 0.440. The molecule has 4 heteroatoms. The maximum absolute atomic E-state index is 6.24. The number of halogens is 2. The van der Waals surface area contributed by atoms with Gasteiger partial charge in [0.2, 0.25) is 0 Å². The van der Waals surface area contributed by atoms with Crippen molar-refractivity contribution in [3.63, 3.8) is 0 Å². The van der Waals surface area contributed by atoms with Gasteiger partial charge in [-0.2, -0.15) is 0 Å². The maximum Gasteiger partial charge on any atom is 0.128 e. The topological polar surface area (TPSA) is 22.1 Å². The quantitative estimate of drug-likeness (QED) is 0.462. The highest BCUT2D eigenvalue weighted by molar-refractivity contribution is 6.35. The number of fused-ring (bicyclic) bond motifs is 1. The number of hydrogen-bond donors (Lipinski definition) is 0. The van der Waals surface area contributed by atoms with Crippen molar-refractivity contribution in [1.29, 1.82) is 0 Å². The summed E-state index contributed by atoms with van der Waals surface area (Å²) in [6, 6.07) is 13.5. The van der Waals surface area contributed by atoms with Gasteiger partial charge in [0.15, 0.2) is 0 Å². The molecule has 1 aliphatic carbocycles. The van der Waals surface area contributed by atoms with E-state index < -0.39 is 0 Å². The summed E-state index contributed by atoms with van der Waals surface area (Å²) in [6.07, 6.45) is 14.1. The molecule has 0 bridgehead atoms. The molecule has 3 aromatic rings. The third kappa shape index (κ3) is 4.24. The lowest BCUT2D eigenvalue weighted by Crippen LogP contribution is -1.95. The van der Waals surface area contributed by atoms with Gasteiger partial charge in [-0.05, 0) is 78.4 Å². The van der Waals surface area contributed by atoms with E-state index in [1.165, 1.54) is 0 Å². The van der Waals surface area contributed by atoms with E-state index in [0.29, 0.717) is 10.0 Å². The molecule has 2 aromatic carbocycles. The second kappa shape index (κ2) is 7.99. The number of allylic oxidation sites excluding steroid dienone is 3. The average Bonchev–Trinajstić information content (AvgIpc) is 2.68. The first kappa shape index (κ1) is 17.8. The van der Waals surface area contributed by atoms with Gasteiger partial charge in [0, 0.05) is 21.6 Å². The molecule has 0 atom stereocenters. The van der Waals surface area contributed by atoms with Gasteiger partial charge in [0.05, 0.1) is 5.69 Å². The molecular formula is C23H17Cl2NO. The minimum Gasteiger partial charge on any atom is -0.458 e. The van der Waals surface area contributed by atoms with Gasteiger partial charge >= 0.3 is 0 Å². The molecule has 0 saturated carbocycles. The molecular weight excluding hydrogens is 377 g/mol. The Balaban J connectivity index is 1.63. The van der Waals surface area contributed by atoms with Crippen LogP contribution in [0.5, 0.6) is 5.75 Å². The van der Waals surface area contributed by atoms with Crippen LogP contribution in [-0.4, -0.2) is 4.98 Å². The molecule has 0 unspecified atom stereocenters. The lowest BCUT2D eigenvalue weighted by Gasteiger charge is -2.10. The minimum atomic E-state index is 0.614. The van der Waals surface area contributed by atoms with Crippen LogP contribution in [0.15, 0.2) is 72.6 Å². The Morgan fingerprint density at radius 1 is 0.963 bits per heavy atom. The van der Waals surface area contributed by atoms with Crippen molar-refractivity contribution in [2.24, 2.45) is 0 Å². The molecule has 0 spiro atoms. The molecule has 0 saturated heterocycles. The molecule has 0 aliphatic heterocycles. The zero-order chi connectivity index (χ0) is 18.6. The van der Waals surface area contributed by atoms with Crippen molar-refractivity contribution in [3.05, 3.63) is 94.0 Å². The molecule has 1 aliphatic rings. The van der Waals surface area contributed by atoms with Crippen LogP contribution in [0.3, 0.4) is 0 Å². The first-order valence-electron chi connectivity index (χ1n) is 8.75. The molecule has 4 rings (SSSR count). The highest BCUT2D eigenvalue weighted by atomic mass is 35.5. The van der Waals surface area contributed by atoms with E-state index in [-0.39, 0.29) is 0 Å². The Morgan fingerprint density at radius 2 is 1.89 bits per heavy atom. The van der Waals surface area contributed by atoms with E-state index in [9.17, 15) is 0 Å². The maximum atomic E-state index is 6.24. The zero-order valence-corrected chi connectivity index (χ0v) is 16.0. The Bertz CT molecular complexity index is 1080. The highest BCUT2D eigenvalue weighted by Gasteiger charge is 2.05. The minimum absolute atomic E-state index is 0.614. The largest absolute Gasteiger partial charge is 0.458 e. The van der Waals surface area contributed by atoms with Crippen molar-refractivity contribution in [2.45, 2.75) is 12.8 Å². The summed E-state index contributed by atoms with van der Waals surface area (Å²) in [6.45, 7) is 0. The van der Waals surface area contributed by atoms with Gasteiger partial charge in [-0.25, -0.2) is 0 Å². The molecule has 0 fully saturated rings. The molecule has 2 nitrogen and oxygen atoms in total. The SMILES string of the molecule is Clc1ccc(C=Cc2nccc3cc(OC4=CCCC=C4)ccc23)c(Cl)c1. The lowest BCUT2D eigenvalue weighted by atomic mass is 10.1. The number of ether oxygens (including phenoxy) is 1. The van der Waals surface area contributed by atoms with Gasteiger partial charge in [-0.3, -0.25) is 4.98 Å². The molecule has 134 valence electrons. The van der Waals surface area contributed by atoms with Crippen LogP contribution in [0.25, 0.3) is 22.9 Å².